The Kier molecular flexibility index (Phi) is 11.6. The Morgan fingerprint density at radius 3 is 1.34 bits per heavy atom. The van der Waals surface area contributed by atoms with E-state index >= 15 is 0 Å². The van der Waals surface area contributed by atoms with Crippen molar-refractivity contribution in [2.24, 2.45) is 0 Å². The molecule has 0 bridgehead atoms. The van der Waals surface area contributed by atoms with Gasteiger partial charge in [0.25, 0.3) is 0 Å². The maximum atomic E-state index is 6.90. The summed E-state index contributed by atoms with van der Waals surface area (Å²) in [4.78, 5) is 0. The highest BCUT2D eigenvalue weighted by Crippen LogP contribution is 2.26. The van der Waals surface area contributed by atoms with Gasteiger partial charge in [-0.3, -0.25) is 9.36 Å². The lowest BCUT2D eigenvalue weighted by Crippen LogP contribution is -2.44. The minimum Gasteiger partial charge on any atom is -0.455 e. The summed E-state index contributed by atoms with van der Waals surface area (Å²) in [6.07, 6.45) is 13.9. The van der Waals surface area contributed by atoms with Crippen LogP contribution in [0.4, 0.5) is 0 Å². The van der Waals surface area contributed by atoms with Crippen molar-refractivity contribution in [1.82, 2.24) is 30.0 Å². The largest absolute Gasteiger partial charge is 0.455 e. The summed E-state index contributed by atoms with van der Waals surface area (Å²) in [5.41, 5.74) is 4.15. The molecule has 4 rings (SSSR count). The van der Waals surface area contributed by atoms with Gasteiger partial charge in [-0.2, -0.15) is 0 Å². The van der Waals surface area contributed by atoms with Crippen LogP contribution in [0.1, 0.15) is 51.4 Å². The maximum Gasteiger partial charge on any atom is 0.173 e. The molecule has 0 fully saturated rings. The SMILES string of the molecule is C[Si](C)(CCCCCCn1cc(-c2ccccc2)nn1)O[Si](C)(C)CCCCCCn1cc(-c2ccccc2)nn1. The number of hydrogen-bond donors (Lipinski definition) is 0. The van der Waals surface area contributed by atoms with Gasteiger partial charge in [0.05, 0.1) is 12.4 Å². The summed E-state index contributed by atoms with van der Waals surface area (Å²) < 4.78 is 10.9. The Balaban J connectivity index is 1.04. The van der Waals surface area contributed by atoms with Gasteiger partial charge in [0.1, 0.15) is 11.4 Å². The number of unbranched alkanes of at least 4 members (excludes halogenated alkanes) is 6. The van der Waals surface area contributed by atoms with Gasteiger partial charge in [-0.15, -0.1) is 10.2 Å². The van der Waals surface area contributed by atoms with Crippen LogP contribution in [0.5, 0.6) is 0 Å². The van der Waals surface area contributed by atoms with Gasteiger partial charge in [0.2, 0.25) is 0 Å². The summed E-state index contributed by atoms with van der Waals surface area (Å²) in [6.45, 7) is 11.6. The van der Waals surface area contributed by atoms with Gasteiger partial charge in [-0.1, -0.05) is 110 Å². The molecular formula is C32H48N6OSi2. The van der Waals surface area contributed by atoms with E-state index in [-0.39, 0.29) is 0 Å². The van der Waals surface area contributed by atoms with Gasteiger partial charge in [0, 0.05) is 24.2 Å². The zero-order valence-corrected chi connectivity index (χ0v) is 27.5. The van der Waals surface area contributed by atoms with E-state index in [1.165, 1.54) is 50.6 Å². The minimum absolute atomic E-state index is 0.935. The molecule has 0 atom stereocenters. The fraction of sp³-hybridized carbons (Fsp3) is 0.500. The lowest BCUT2D eigenvalue weighted by molar-refractivity contribution is 0.504. The predicted octanol–water partition coefficient (Wildman–Crippen LogP) is 8.45. The lowest BCUT2D eigenvalue weighted by Gasteiger charge is -2.34. The zero-order chi connectivity index (χ0) is 29.0. The quantitative estimate of drug-likeness (QED) is 0.0861. The number of nitrogens with zero attached hydrogens (tertiary/aromatic N) is 6. The molecule has 0 radical (unpaired) electrons. The topological polar surface area (TPSA) is 70.7 Å². The third-order valence-electron chi connectivity index (χ3n) is 7.60. The number of rotatable bonds is 18. The molecule has 0 aliphatic heterocycles. The molecule has 0 spiro atoms. The summed E-state index contributed by atoms with van der Waals surface area (Å²) in [5, 5.41) is 17.3. The average Bonchev–Trinajstić information content (AvgIpc) is 3.63. The number of aryl methyl sites for hydroxylation is 2. The van der Waals surface area contributed by atoms with Crippen molar-refractivity contribution in [2.75, 3.05) is 0 Å². The normalized spacial score (nSPS) is 12.2. The van der Waals surface area contributed by atoms with Crippen molar-refractivity contribution in [3.63, 3.8) is 0 Å². The molecule has 2 aromatic heterocycles. The van der Waals surface area contributed by atoms with Crippen LogP contribution in [0.2, 0.25) is 38.3 Å². The molecule has 2 heterocycles. The molecule has 2 aromatic carbocycles. The van der Waals surface area contributed by atoms with E-state index in [2.05, 4.69) is 83.5 Å². The molecule has 41 heavy (non-hydrogen) atoms. The van der Waals surface area contributed by atoms with Gasteiger partial charge in [-0.05, 0) is 51.1 Å². The van der Waals surface area contributed by atoms with Crippen molar-refractivity contribution >= 4 is 16.6 Å². The fourth-order valence-corrected chi connectivity index (χ4v) is 14.5. The summed E-state index contributed by atoms with van der Waals surface area (Å²) in [7, 11) is -3.25. The van der Waals surface area contributed by atoms with E-state index in [4.69, 9.17) is 4.12 Å². The van der Waals surface area contributed by atoms with Gasteiger partial charge < -0.3 is 4.12 Å². The van der Waals surface area contributed by atoms with Crippen LogP contribution < -0.4 is 0 Å². The Morgan fingerprint density at radius 1 is 0.537 bits per heavy atom. The smallest absolute Gasteiger partial charge is 0.173 e. The minimum atomic E-state index is -1.63. The third-order valence-corrected chi connectivity index (χ3v) is 15.1. The predicted molar refractivity (Wildman–Crippen MR) is 174 cm³/mol. The van der Waals surface area contributed by atoms with E-state index in [0.29, 0.717) is 0 Å². The first kappa shape index (κ1) is 31.1. The molecule has 0 unspecified atom stereocenters. The second-order valence-corrected chi connectivity index (χ2v) is 21.3. The number of benzene rings is 2. The molecule has 0 N–H and O–H groups in total. The molecule has 4 aromatic rings. The maximum absolute atomic E-state index is 6.90. The number of hydrogen-bond acceptors (Lipinski definition) is 5. The van der Waals surface area contributed by atoms with Crippen molar-refractivity contribution in [1.29, 1.82) is 0 Å². The average molecular weight is 589 g/mol. The summed E-state index contributed by atoms with van der Waals surface area (Å²) in [5.74, 6) is 0. The Labute approximate surface area is 248 Å². The molecule has 0 aliphatic rings. The van der Waals surface area contributed by atoms with Gasteiger partial charge in [0.15, 0.2) is 16.6 Å². The molecule has 9 heteroatoms. The van der Waals surface area contributed by atoms with E-state index in [1.54, 1.807) is 0 Å². The van der Waals surface area contributed by atoms with Gasteiger partial charge >= 0.3 is 0 Å². The van der Waals surface area contributed by atoms with Crippen molar-refractivity contribution in [2.45, 2.75) is 103 Å². The van der Waals surface area contributed by atoms with Crippen LogP contribution in [0, 0.1) is 0 Å². The van der Waals surface area contributed by atoms with E-state index in [1.807, 2.05) is 45.8 Å². The van der Waals surface area contributed by atoms with Crippen molar-refractivity contribution in [3.8, 4) is 22.5 Å². The molecule has 7 nitrogen and oxygen atoms in total. The zero-order valence-electron chi connectivity index (χ0n) is 25.5. The molecule has 0 aliphatic carbocycles. The van der Waals surface area contributed by atoms with Crippen LogP contribution in [-0.4, -0.2) is 46.6 Å². The highest BCUT2D eigenvalue weighted by Gasteiger charge is 2.32. The Morgan fingerprint density at radius 2 is 0.927 bits per heavy atom. The van der Waals surface area contributed by atoms with E-state index in [9.17, 15) is 0 Å². The van der Waals surface area contributed by atoms with E-state index in [0.717, 1.165) is 48.4 Å². The fourth-order valence-electron chi connectivity index (χ4n) is 5.50. The Bertz CT molecular complexity index is 1190. The second-order valence-electron chi connectivity index (χ2n) is 12.4. The Hall–Kier alpha value is -2.89. The molecule has 0 saturated carbocycles. The van der Waals surface area contributed by atoms with Crippen LogP contribution in [-0.2, 0) is 17.2 Å². The number of aromatic nitrogens is 6. The molecular weight excluding hydrogens is 541 g/mol. The van der Waals surface area contributed by atoms with Crippen molar-refractivity contribution < 1.29 is 4.12 Å². The summed E-state index contributed by atoms with van der Waals surface area (Å²) in [6, 6.07) is 23.0. The molecule has 220 valence electrons. The molecule has 0 amide bonds. The van der Waals surface area contributed by atoms with E-state index < -0.39 is 16.6 Å². The third kappa shape index (κ3) is 10.8. The monoisotopic (exact) mass is 588 g/mol. The van der Waals surface area contributed by atoms with Crippen LogP contribution in [0.25, 0.3) is 22.5 Å². The first-order chi connectivity index (χ1) is 19.8. The van der Waals surface area contributed by atoms with Crippen molar-refractivity contribution in [3.05, 3.63) is 73.1 Å². The second kappa shape index (κ2) is 15.4. The highest BCUT2D eigenvalue weighted by atomic mass is 28.4. The lowest BCUT2D eigenvalue weighted by atomic mass is 10.2. The first-order valence-electron chi connectivity index (χ1n) is 15.4. The summed E-state index contributed by atoms with van der Waals surface area (Å²) >= 11 is 0. The standard InChI is InChI=1S/C32H48N6OSi2/c1-40(2,25-17-7-5-15-23-37-27-31(33-35-37)29-19-11-9-12-20-29)39-41(3,4)26-18-8-6-16-24-38-28-32(34-36-38)30-21-13-10-14-22-30/h9-14,19-22,27-28H,5-8,15-18,23-26H2,1-4H3. The van der Waals surface area contributed by atoms with Crippen LogP contribution in [0.3, 0.4) is 0 Å². The van der Waals surface area contributed by atoms with Crippen LogP contribution >= 0.6 is 0 Å². The van der Waals surface area contributed by atoms with Gasteiger partial charge in [-0.25, -0.2) is 0 Å². The highest BCUT2D eigenvalue weighted by molar-refractivity contribution is 6.84. The van der Waals surface area contributed by atoms with Crippen LogP contribution in [0.15, 0.2) is 73.1 Å². The first-order valence-corrected chi connectivity index (χ1v) is 21.6. The molecule has 0 saturated heterocycles.